The van der Waals surface area contributed by atoms with Gasteiger partial charge in [-0.2, -0.15) is 0 Å². The van der Waals surface area contributed by atoms with Gasteiger partial charge in [0.05, 0.1) is 35.0 Å². The molecular formula is C28H22Cl2N2O4. The van der Waals surface area contributed by atoms with E-state index < -0.39 is 35.5 Å². The van der Waals surface area contributed by atoms with Gasteiger partial charge in [0.2, 0.25) is 23.6 Å². The monoisotopic (exact) mass is 520 g/mol. The summed E-state index contributed by atoms with van der Waals surface area (Å²) in [5, 5.41) is 0.933. The van der Waals surface area contributed by atoms with Gasteiger partial charge in [-0.3, -0.25) is 19.2 Å². The molecule has 182 valence electrons. The predicted octanol–water partition coefficient (Wildman–Crippen LogP) is 4.89. The van der Waals surface area contributed by atoms with Crippen molar-refractivity contribution in [2.75, 3.05) is 9.80 Å². The van der Waals surface area contributed by atoms with Crippen LogP contribution in [0.25, 0.3) is 0 Å². The van der Waals surface area contributed by atoms with Crippen molar-refractivity contribution >= 4 is 58.2 Å². The van der Waals surface area contributed by atoms with Gasteiger partial charge >= 0.3 is 0 Å². The van der Waals surface area contributed by atoms with Crippen LogP contribution in [0.1, 0.15) is 11.1 Å². The van der Waals surface area contributed by atoms with Gasteiger partial charge in [0.1, 0.15) is 0 Å². The molecule has 2 aliphatic heterocycles. The van der Waals surface area contributed by atoms with Crippen molar-refractivity contribution in [3.05, 3.63) is 81.9 Å². The number of carbonyl (C=O) groups excluding carboxylic acids is 4. The van der Waals surface area contributed by atoms with E-state index in [2.05, 4.69) is 0 Å². The standard InChI is InChI=1S/C28H22Cl2N2O4/c1-13-19(29)5-3-7-21(13)31-25(33)15-9-11-17-24-18(12-10-16(23(15)24)26(31)34)28(36)32(27(17)35)22-8-4-6-20(30)14(22)2/h3-12,15-18,23-24H,1-2H3/t15-,16-,17-,18+,23?,24?/m1/s1. The molecule has 4 aliphatic rings. The van der Waals surface area contributed by atoms with Gasteiger partial charge < -0.3 is 0 Å². The van der Waals surface area contributed by atoms with Crippen LogP contribution in [0, 0.1) is 49.4 Å². The molecule has 2 aliphatic carbocycles. The molecule has 2 saturated heterocycles. The van der Waals surface area contributed by atoms with Crippen LogP contribution in [-0.2, 0) is 19.2 Å². The highest BCUT2D eigenvalue weighted by molar-refractivity contribution is 6.33. The van der Waals surface area contributed by atoms with Crippen LogP contribution in [0.15, 0.2) is 60.7 Å². The maximum atomic E-state index is 13.7. The molecule has 6 rings (SSSR count). The number of hydrogen-bond acceptors (Lipinski definition) is 4. The fourth-order valence-electron chi connectivity index (χ4n) is 6.35. The molecule has 36 heavy (non-hydrogen) atoms. The van der Waals surface area contributed by atoms with E-state index in [0.717, 1.165) is 0 Å². The minimum atomic E-state index is -0.625. The number of imide groups is 2. The fourth-order valence-corrected chi connectivity index (χ4v) is 6.69. The molecule has 2 fully saturated rings. The third-order valence-corrected chi connectivity index (χ3v) is 8.96. The molecule has 0 saturated carbocycles. The molecule has 0 aromatic heterocycles. The van der Waals surface area contributed by atoms with E-state index in [1.165, 1.54) is 9.80 Å². The molecule has 0 spiro atoms. The van der Waals surface area contributed by atoms with E-state index in [1.807, 2.05) is 0 Å². The van der Waals surface area contributed by atoms with Crippen molar-refractivity contribution in [1.29, 1.82) is 0 Å². The Hall–Kier alpha value is -3.22. The molecule has 8 heteroatoms. The number of piperidine rings is 2. The Bertz CT molecular complexity index is 1270. The lowest BCUT2D eigenvalue weighted by Crippen LogP contribution is -2.64. The molecule has 2 aromatic carbocycles. The first kappa shape index (κ1) is 23.2. The first-order chi connectivity index (χ1) is 17.2. The van der Waals surface area contributed by atoms with E-state index in [-0.39, 0.29) is 23.6 Å². The number of rotatable bonds is 2. The Morgan fingerprint density at radius 3 is 1.17 bits per heavy atom. The Morgan fingerprint density at radius 1 is 0.556 bits per heavy atom. The largest absolute Gasteiger partial charge is 0.273 e. The molecule has 4 amide bonds. The summed E-state index contributed by atoms with van der Waals surface area (Å²) < 4.78 is 0. The van der Waals surface area contributed by atoms with Crippen molar-refractivity contribution in [3.8, 4) is 0 Å². The number of nitrogens with zero attached hydrogens (tertiary/aromatic N) is 2. The van der Waals surface area contributed by atoms with Crippen LogP contribution >= 0.6 is 23.2 Å². The van der Waals surface area contributed by atoms with E-state index in [1.54, 1.807) is 74.5 Å². The lowest BCUT2D eigenvalue weighted by molar-refractivity contribution is -0.148. The zero-order valence-corrected chi connectivity index (χ0v) is 21.0. The minimum absolute atomic E-state index is 0.358. The highest BCUT2D eigenvalue weighted by atomic mass is 35.5. The summed E-state index contributed by atoms with van der Waals surface area (Å²) in [4.78, 5) is 57.3. The molecule has 2 aromatic rings. The van der Waals surface area contributed by atoms with E-state index in [0.29, 0.717) is 32.5 Å². The van der Waals surface area contributed by atoms with Crippen molar-refractivity contribution in [2.24, 2.45) is 35.5 Å². The molecule has 2 unspecified atom stereocenters. The first-order valence-corrected chi connectivity index (χ1v) is 12.6. The molecule has 0 N–H and O–H groups in total. The topological polar surface area (TPSA) is 74.8 Å². The fraction of sp³-hybridized carbons (Fsp3) is 0.286. The number of amides is 4. The number of hydrogen-bond donors (Lipinski definition) is 0. The van der Waals surface area contributed by atoms with Gasteiger partial charge in [-0.25, -0.2) is 9.80 Å². The van der Waals surface area contributed by atoms with E-state index >= 15 is 0 Å². The summed E-state index contributed by atoms with van der Waals surface area (Å²) in [5.41, 5.74) is 2.20. The Kier molecular flexibility index (Phi) is 5.25. The van der Waals surface area contributed by atoms with Crippen LogP contribution in [0.2, 0.25) is 10.0 Å². The number of halogens is 2. The van der Waals surface area contributed by atoms with Gasteiger partial charge in [-0.1, -0.05) is 59.6 Å². The van der Waals surface area contributed by atoms with Gasteiger partial charge in [0.15, 0.2) is 0 Å². The summed E-state index contributed by atoms with van der Waals surface area (Å²) in [6, 6.07) is 10.3. The van der Waals surface area contributed by atoms with E-state index in [4.69, 9.17) is 23.2 Å². The summed E-state index contributed by atoms with van der Waals surface area (Å²) in [6.45, 7) is 3.54. The van der Waals surface area contributed by atoms with Crippen LogP contribution in [0.5, 0.6) is 0 Å². The smallest absolute Gasteiger partial charge is 0.241 e. The first-order valence-electron chi connectivity index (χ1n) is 11.8. The zero-order valence-electron chi connectivity index (χ0n) is 19.5. The van der Waals surface area contributed by atoms with Gasteiger partial charge in [0, 0.05) is 10.0 Å². The second-order valence-electron chi connectivity index (χ2n) is 9.82. The zero-order chi connectivity index (χ0) is 25.5. The van der Waals surface area contributed by atoms with Crippen molar-refractivity contribution < 1.29 is 19.2 Å². The normalized spacial score (nSPS) is 30.7. The van der Waals surface area contributed by atoms with Crippen molar-refractivity contribution in [3.63, 3.8) is 0 Å². The number of anilines is 2. The predicted molar refractivity (Wildman–Crippen MR) is 137 cm³/mol. The Labute approximate surface area is 218 Å². The average molecular weight is 521 g/mol. The summed E-state index contributed by atoms with van der Waals surface area (Å²) in [7, 11) is 0. The van der Waals surface area contributed by atoms with Crippen molar-refractivity contribution in [1.82, 2.24) is 0 Å². The molecule has 6 atom stereocenters. The maximum Gasteiger partial charge on any atom is 0.241 e. The van der Waals surface area contributed by atoms with Crippen LogP contribution in [0.4, 0.5) is 11.4 Å². The summed E-state index contributed by atoms with van der Waals surface area (Å²) in [5.74, 6) is -4.87. The van der Waals surface area contributed by atoms with Crippen LogP contribution in [0.3, 0.4) is 0 Å². The Morgan fingerprint density at radius 2 is 0.861 bits per heavy atom. The Balaban J connectivity index is 1.45. The average Bonchev–Trinajstić information content (AvgIpc) is 2.86. The maximum absolute atomic E-state index is 13.7. The number of benzene rings is 2. The lowest BCUT2D eigenvalue weighted by Gasteiger charge is -2.53. The van der Waals surface area contributed by atoms with Crippen LogP contribution in [-0.4, -0.2) is 23.6 Å². The molecule has 0 radical (unpaired) electrons. The lowest BCUT2D eigenvalue weighted by atomic mass is 9.55. The minimum Gasteiger partial charge on any atom is -0.273 e. The molecular weight excluding hydrogens is 499 g/mol. The molecule has 0 bridgehead atoms. The second kappa shape index (κ2) is 8.15. The van der Waals surface area contributed by atoms with Gasteiger partial charge in [-0.05, 0) is 61.1 Å². The molecule has 6 nitrogen and oxygen atoms in total. The third-order valence-electron chi connectivity index (χ3n) is 8.14. The highest BCUT2D eigenvalue weighted by Crippen LogP contribution is 2.54. The highest BCUT2D eigenvalue weighted by Gasteiger charge is 2.61. The summed E-state index contributed by atoms with van der Waals surface area (Å²) in [6.07, 6.45) is 6.97. The summed E-state index contributed by atoms with van der Waals surface area (Å²) >= 11 is 12.6. The van der Waals surface area contributed by atoms with Gasteiger partial charge in [-0.15, -0.1) is 0 Å². The second-order valence-corrected chi connectivity index (χ2v) is 10.6. The van der Waals surface area contributed by atoms with E-state index in [9.17, 15) is 19.2 Å². The van der Waals surface area contributed by atoms with Crippen LogP contribution < -0.4 is 9.80 Å². The van der Waals surface area contributed by atoms with Crippen molar-refractivity contribution in [2.45, 2.75) is 13.8 Å². The quantitative estimate of drug-likeness (QED) is 0.417. The number of carbonyl (C=O) groups is 4. The molecule has 2 heterocycles. The third kappa shape index (κ3) is 3.04. The SMILES string of the molecule is Cc1c(Cl)cccc1N1C(=O)[C@H]2C=C[C@H]3C(=O)N(c4cccc(Cl)c4C)C(=O)[C@@H]4C=C[C@@H](C1=O)C2C34. The van der Waals surface area contributed by atoms with Gasteiger partial charge in [0.25, 0.3) is 0 Å².